The van der Waals surface area contributed by atoms with Gasteiger partial charge < -0.3 is 15.5 Å². The van der Waals surface area contributed by atoms with E-state index in [9.17, 15) is 9.59 Å². The Morgan fingerprint density at radius 2 is 1.56 bits per heavy atom. The predicted octanol–water partition coefficient (Wildman–Crippen LogP) is 2.75. The van der Waals surface area contributed by atoms with Crippen molar-refractivity contribution < 1.29 is 9.59 Å². The first-order valence-electron chi connectivity index (χ1n) is 8.39. The molecule has 0 bridgehead atoms. The molecule has 132 valence electrons. The highest BCUT2D eigenvalue weighted by atomic mass is 16.2. The number of nitrogens with one attached hydrogen (secondary N) is 2. The third-order valence-electron chi connectivity index (χ3n) is 3.93. The van der Waals surface area contributed by atoms with Gasteiger partial charge in [-0.2, -0.15) is 0 Å². The van der Waals surface area contributed by atoms with E-state index in [1.807, 2.05) is 60.7 Å². The van der Waals surface area contributed by atoms with Crippen molar-refractivity contribution in [3.8, 4) is 0 Å². The Morgan fingerprint density at radius 3 is 2.16 bits per heavy atom. The Bertz CT molecular complexity index is 672. The molecular weight excluding hydrogens is 314 g/mol. The van der Waals surface area contributed by atoms with Crippen LogP contribution in [0.1, 0.15) is 23.6 Å². The summed E-state index contributed by atoms with van der Waals surface area (Å²) in [6, 6.07) is 18.9. The summed E-state index contributed by atoms with van der Waals surface area (Å²) in [5.74, 6) is -0.0292. The van der Waals surface area contributed by atoms with Crippen molar-refractivity contribution >= 4 is 11.9 Å². The molecule has 3 amide bonds. The zero-order valence-electron chi connectivity index (χ0n) is 14.7. The summed E-state index contributed by atoms with van der Waals surface area (Å²) < 4.78 is 0. The van der Waals surface area contributed by atoms with Gasteiger partial charge in [0, 0.05) is 20.6 Å². The summed E-state index contributed by atoms with van der Waals surface area (Å²) in [6.07, 6.45) is 0.990. The van der Waals surface area contributed by atoms with Crippen LogP contribution in [-0.2, 0) is 11.2 Å². The van der Waals surface area contributed by atoms with Crippen molar-refractivity contribution in [2.75, 3.05) is 20.6 Å². The molecule has 0 radical (unpaired) electrons. The van der Waals surface area contributed by atoms with Crippen LogP contribution in [0.5, 0.6) is 0 Å². The van der Waals surface area contributed by atoms with Gasteiger partial charge in [0.2, 0.25) is 5.91 Å². The van der Waals surface area contributed by atoms with Crippen molar-refractivity contribution in [2.45, 2.75) is 18.9 Å². The molecule has 0 aliphatic heterocycles. The molecule has 0 saturated heterocycles. The van der Waals surface area contributed by atoms with E-state index in [4.69, 9.17) is 0 Å². The molecule has 25 heavy (non-hydrogen) atoms. The third kappa shape index (κ3) is 6.30. The van der Waals surface area contributed by atoms with Crippen molar-refractivity contribution in [1.29, 1.82) is 0 Å². The molecule has 0 heterocycles. The monoisotopic (exact) mass is 339 g/mol. The van der Waals surface area contributed by atoms with Crippen molar-refractivity contribution in [3.63, 3.8) is 0 Å². The molecule has 0 fully saturated rings. The summed E-state index contributed by atoms with van der Waals surface area (Å²) >= 11 is 0. The number of benzene rings is 2. The van der Waals surface area contributed by atoms with Crippen LogP contribution in [0, 0.1) is 0 Å². The molecule has 5 heteroatoms. The van der Waals surface area contributed by atoms with Gasteiger partial charge in [-0.15, -0.1) is 0 Å². The van der Waals surface area contributed by atoms with E-state index in [0.717, 1.165) is 12.0 Å². The maximum atomic E-state index is 12.2. The van der Waals surface area contributed by atoms with E-state index in [1.54, 1.807) is 14.1 Å². The standard InChI is InChI=1S/C20H25N3O2/c1-23(2)19(24)15-18(17-11-7-4-8-12-17)22-20(25)21-14-13-16-9-5-3-6-10-16/h3-12,18H,13-15H2,1-2H3,(H2,21,22,25). The lowest BCUT2D eigenvalue weighted by molar-refractivity contribution is -0.129. The van der Waals surface area contributed by atoms with Crippen LogP contribution in [0.4, 0.5) is 4.79 Å². The van der Waals surface area contributed by atoms with Crippen molar-refractivity contribution in [3.05, 3.63) is 71.8 Å². The van der Waals surface area contributed by atoms with Crippen LogP contribution in [0.2, 0.25) is 0 Å². The van der Waals surface area contributed by atoms with Crippen LogP contribution in [-0.4, -0.2) is 37.5 Å². The average molecular weight is 339 g/mol. The van der Waals surface area contributed by atoms with Gasteiger partial charge in [0.1, 0.15) is 0 Å². The number of urea groups is 1. The van der Waals surface area contributed by atoms with Crippen LogP contribution < -0.4 is 10.6 Å². The Hall–Kier alpha value is -2.82. The lowest BCUT2D eigenvalue weighted by Gasteiger charge is -2.21. The van der Waals surface area contributed by atoms with Gasteiger partial charge in [0.05, 0.1) is 12.5 Å². The number of carbonyl (C=O) groups excluding carboxylic acids is 2. The first-order chi connectivity index (χ1) is 12.1. The van der Waals surface area contributed by atoms with E-state index >= 15 is 0 Å². The zero-order chi connectivity index (χ0) is 18.1. The van der Waals surface area contributed by atoms with E-state index in [2.05, 4.69) is 10.6 Å². The molecule has 0 aromatic heterocycles. The van der Waals surface area contributed by atoms with Crippen LogP contribution in [0.15, 0.2) is 60.7 Å². The van der Waals surface area contributed by atoms with Gasteiger partial charge in [0.15, 0.2) is 0 Å². The number of carbonyl (C=O) groups is 2. The molecule has 0 saturated carbocycles. The first kappa shape index (κ1) is 18.5. The Kier molecular flexibility index (Phi) is 7.01. The normalized spacial score (nSPS) is 11.4. The highest BCUT2D eigenvalue weighted by Gasteiger charge is 2.19. The number of hydrogen-bond acceptors (Lipinski definition) is 2. The van der Waals surface area contributed by atoms with Gasteiger partial charge >= 0.3 is 6.03 Å². The van der Waals surface area contributed by atoms with Crippen LogP contribution in [0.25, 0.3) is 0 Å². The molecule has 1 unspecified atom stereocenters. The summed E-state index contributed by atoms with van der Waals surface area (Å²) in [5, 5.41) is 5.77. The van der Waals surface area contributed by atoms with E-state index in [-0.39, 0.29) is 24.4 Å². The smallest absolute Gasteiger partial charge is 0.315 e. The molecule has 2 N–H and O–H groups in total. The van der Waals surface area contributed by atoms with Gasteiger partial charge in [-0.3, -0.25) is 4.79 Å². The topological polar surface area (TPSA) is 61.4 Å². The Balaban J connectivity index is 1.91. The second-order valence-corrected chi connectivity index (χ2v) is 6.09. The molecule has 2 rings (SSSR count). The number of nitrogens with zero attached hydrogens (tertiary/aromatic N) is 1. The maximum absolute atomic E-state index is 12.2. The SMILES string of the molecule is CN(C)C(=O)CC(NC(=O)NCCc1ccccc1)c1ccccc1. The molecule has 0 spiro atoms. The molecule has 1 atom stereocenters. The minimum atomic E-state index is -0.354. The second kappa shape index (κ2) is 9.47. The first-order valence-corrected chi connectivity index (χ1v) is 8.39. The highest BCUT2D eigenvalue weighted by Crippen LogP contribution is 2.17. The maximum Gasteiger partial charge on any atom is 0.315 e. The zero-order valence-corrected chi connectivity index (χ0v) is 14.7. The summed E-state index contributed by atoms with van der Waals surface area (Å²) in [4.78, 5) is 25.8. The second-order valence-electron chi connectivity index (χ2n) is 6.09. The summed E-state index contributed by atoms with van der Waals surface area (Å²) in [7, 11) is 3.43. The van der Waals surface area contributed by atoms with E-state index in [0.29, 0.717) is 6.54 Å². The van der Waals surface area contributed by atoms with Gasteiger partial charge in [-0.25, -0.2) is 4.79 Å². The van der Waals surface area contributed by atoms with Gasteiger partial charge in [-0.05, 0) is 17.5 Å². The van der Waals surface area contributed by atoms with Gasteiger partial charge in [-0.1, -0.05) is 60.7 Å². The predicted molar refractivity (Wildman–Crippen MR) is 99.2 cm³/mol. The summed E-state index contributed by atoms with van der Waals surface area (Å²) in [5.41, 5.74) is 2.08. The van der Waals surface area contributed by atoms with E-state index in [1.165, 1.54) is 10.5 Å². The van der Waals surface area contributed by atoms with Crippen LogP contribution >= 0.6 is 0 Å². The minimum absolute atomic E-state index is 0.0292. The van der Waals surface area contributed by atoms with E-state index < -0.39 is 0 Å². The molecular formula is C20H25N3O2. The van der Waals surface area contributed by atoms with Crippen molar-refractivity contribution in [1.82, 2.24) is 15.5 Å². The third-order valence-corrected chi connectivity index (χ3v) is 3.93. The number of rotatable bonds is 7. The Morgan fingerprint density at radius 1 is 0.960 bits per heavy atom. The number of amides is 3. The molecule has 5 nitrogen and oxygen atoms in total. The molecule has 2 aromatic carbocycles. The lowest BCUT2D eigenvalue weighted by atomic mass is 10.0. The summed E-state index contributed by atoms with van der Waals surface area (Å²) in [6.45, 7) is 0.541. The quantitative estimate of drug-likeness (QED) is 0.815. The Labute approximate surface area is 149 Å². The fourth-order valence-electron chi connectivity index (χ4n) is 2.47. The largest absolute Gasteiger partial charge is 0.349 e. The fraction of sp³-hybridized carbons (Fsp3) is 0.300. The molecule has 0 aliphatic carbocycles. The highest BCUT2D eigenvalue weighted by molar-refractivity contribution is 5.79. The fourth-order valence-corrected chi connectivity index (χ4v) is 2.47. The van der Waals surface area contributed by atoms with Crippen molar-refractivity contribution in [2.24, 2.45) is 0 Å². The van der Waals surface area contributed by atoms with Crippen LogP contribution in [0.3, 0.4) is 0 Å². The molecule has 0 aliphatic rings. The number of hydrogen-bond donors (Lipinski definition) is 2. The average Bonchev–Trinajstić information content (AvgIpc) is 2.62. The van der Waals surface area contributed by atoms with Gasteiger partial charge in [0.25, 0.3) is 0 Å². The minimum Gasteiger partial charge on any atom is -0.349 e. The molecule has 2 aromatic rings. The lowest BCUT2D eigenvalue weighted by Crippen LogP contribution is -2.40.